The number of benzene rings is 1. The van der Waals surface area contributed by atoms with E-state index in [2.05, 4.69) is 46.8 Å². The summed E-state index contributed by atoms with van der Waals surface area (Å²) in [6, 6.07) is 4.32. The molecule has 1 aromatic carbocycles. The van der Waals surface area contributed by atoms with Gasteiger partial charge in [-0.1, -0.05) is 71.9 Å². The lowest BCUT2D eigenvalue weighted by Crippen LogP contribution is -2.12. The molecule has 1 N–H and O–H groups in total. The van der Waals surface area contributed by atoms with Crippen molar-refractivity contribution in [2.45, 2.75) is 85.0 Å². The van der Waals surface area contributed by atoms with E-state index in [0.29, 0.717) is 5.75 Å². The molecule has 114 valence electrons. The van der Waals surface area contributed by atoms with Crippen molar-refractivity contribution in [2.75, 3.05) is 0 Å². The highest BCUT2D eigenvalue weighted by molar-refractivity contribution is 5.47. The molecule has 0 amide bonds. The minimum Gasteiger partial charge on any atom is -0.507 e. The molecule has 0 spiro atoms. The summed E-state index contributed by atoms with van der Waals surface area (Å²) in [5.41, 5.74) is 3.45. The molecule has 0 unspecified atom stereocenters. The third kappa shape index (κ3) is 4.85. The SMILES string of the molecule is CCCCCCCCc1ccc(C(C)(C)C)c(O)c1C. The van der Waals surface area contributed by atoms with Gasteiger partial charge in [0, 0.05) is 0 Å². The molecular formula is C19H32O. The van der Waals surface area contributed by atoms with Crippen LogP contribution < -0.4 is 0 Å². The minimum absolute atomic E-state index is 0.00747. The molecule has 0 aliphatic carbocycles. The Morgan fingerprint density at radius 3 is 2.15 bits per heavy atom. The topological polar surface area (TPSA) is 20.2 Å². The Kier molecular flexibility index (Phi) is 6.58. The lowest BCUT2D eigenvalue weighted by molar-refractivity contribution is 0.441. The summed E-state index contributed by atoms with van der Waals surface area (Å²) in [5.74, 6) is 0.501. The van der Waals surface area contributed by atoms with Gasteiger partial charge in [-0.25, -0.2) is 0 Å². The molecule has 0 saturated heterocycles. The number of phenols is 1. The smallest absolute Gasteiger partial charge is 0.122 e. The monoisotopic (exact) mass is 276 g/mol. The molecule has 1 aromatic rings. The van der Waals surface area contributed by atoms with Crippen LogP contribution in [-0.2, 0) is 11.8 Å². The van der Waals surface area contributed by atoms with Gasteiger partial charge in [0.15, 0.2) is 0 Å². The van der Waals surface area contributed by atoms with E-state index >= 15 is 0 Å². The number of hydrogen-bond acceptors (Lipinski definition) is 1. The van der Waals surface area contributed by atoms with Crippen molar-refractivity contribution < 1.29 is 5.11 Å². The van der Waals surface area contributed by atoms with Crippen LogP contribution in [0.5, 0.6) is 5.75 Å². The first-order valence-corrected chi connectivity index (χ1v) is 8.19. The molecular weight excluding hydrogens is 244 g/mol. The maximum Gasteiger partial charge on any atom is 0.122 e. The molecule has 0 bridgehead atoms. The van der Waals surface area contributed by atoms with Crippen LogP contribution in [-0.4, -0.2) is 5.11 Å². The summed E-state index contributed by atoms with van der Waals surface area (Å²) in [4.78, 5) is 0. The Morgan fingerprint density at radius 1 is 0.950 bits per heavy atom. The van der Waals surface area contributed by atoms with Gasteiger partial charge in [0.2, 0.25) is 0 Å². The zero-order chi connectivity index (χ0) is 15.2. The first-order valence-electron chi connectivity index (χ1n) is 8.19. The molecule has 0 radical (unpaired) electrons. The average Bonchev–Trinajstić information content (AvgIpc) is 2.37. The minimum atomic E-state index is 0.00747. The Labute approximate surface area is 125 Å². The number of phenolic OH excluding ortho intramolecular Hbond substituents is 1. The predicted octanol–water partition coefficient (Wildman–Crippen LogP) is 5.90. The Balaban J connectivity index is 2.58. The van der Waals surface area contributed by atoms with E-state index in [1.165, 1.54) is 44.1 Å². The Morgan fingerprint density at radius 2 is 1.55 bits per heavy atom. The summed E-state index contributed by atoms with van der Waals surface area (Å²) in [5, 5.41) is 10.4. The van der Waals surface area contributed by atoms with Crippen LogP contribution in [0.15, 0.2) is 12.1 Å². The van der Waals surface area contributed by atoms with Crippen molar-refractivity contribution in [2.24, 2.45) is 0 Å². The van der Waals surface area contributed by atoms with Crippen molar-refractivity contribution in [1.82, 2.24) is 0 Å². The highest BCUT2D eigenvalue weighted by atomic mass is 16.3. The van der Waals surface area contributed by atoms with E-state index in [0.717, 1.165) is 17.5 Å². The zero-order valence-electron chi connectivity index (χ0n) is 14.1. The highest BCUT2D eigenvalue weighted by Crippen LogP contribution is 2.34. The van der Waals surface area contributed by atoms with Crippen LogP contribution in [0.4, 0.5) is 0 Å². The van der Waals surface area contributed by atoms with Gasteiger partial charge in [0.05, 0.1) is 0 Å². The van der Waals surface area contributed by atoms with Gasteiger partial charge in [0.25, 0.3) is 0 Å². The number of rotatable bonds is 7. The first-order chi connectivity index (χ1) is 9.38. The van der Waals surface area contributed by atoms with Crippen LogP contribution in [0.1, 0.15) is 82.9 Å². The third-order valence-corrected chi connectivity index (χ3v) is 4.15. The van der Waals surface area contributed by atoms with E-state index in [9.17, 15) is 5.11 Å². The summed E-state index contributed by atoms with van der Waals surface area (Å²) >= 11 is 0. The summed E-state index contributed by atoms with van der Waals surface area (Å²) in [7, 11) is 0. The zero-order valence-corrected chi connectivity index (χ0v) is 14.1. The number of aromatic hydroxyl groups is 1. The quantitative estimate of drug-likeness (QED) is 0.615. The van der Waals surface area contributed by atoms with Gasteiger partial charge < -0.3 is 5.11 Å². The first kappa shape index (κ1) is 17.1. The van der Waals surface area contributed by atoms with Crippen LogP contribution in [0.3, 0.4) is 0 Å². The highest BCUT2D eigenvalue weighted by Gasteiger charge is 2.20. The summed E-state index contributed by atoms with van der Waals surface area (Å²) < 4.78 is 0. The molecule has 1 rings (SSSR count). The fourth-order valence-electron chi connectivity index (χ4n) is 2.71. The molecule has 0 saturated carbocycles. The second-order valence-electron chi connectivity index (χ2n) is 7.01. The second-order valence-corrected chi connectivity index (χ2v) is 7.01. The number of aryl methyl sites for hydroxylation is 1. The molecule has 20 heavy (non-hydrogen) atoms. The van der Waals surface area contributed by atoms with Crippen molar-refractivity contribution in [3.8, 4) is 5.75 Å². The maximum atomic E-state index is 10.4. The average molecular weight is 276 g/mol. The number of unbranched alkanes of at least 4 members (excludes halogenated alkanes) is 5. The lowest BCUT2D eigenvalue weighted by atomic mass is 9.84. The third-order valence-electron chi connectivity index (χ3n) is 4.15. The molecule has 1 nitrogen and oxygen atoms in total. The van der Waals surface area contributed by atoms with Crippen LogP contribution >= 0.6 is 0 Å². The van der Waals surface area contributed by atoms with Gasteiger partial charge in [-0.05, 0) is 41.9 Å². The van der Waals surface area contributed by atoms with Gasteiger partial charge in [-0.3, -0.25) is 0 Å². The Hall–Kier alpha value is -0.980. The normalized spacial score (nSPS) is 11.8. The molecule has 0 aliphatic rings. The predicted molar refractivity (Wildman–Crippen MR) is 88.6 cm³/mol. The summed E-state index contributed by atoms with van der Waals surface area (Å²) in [6.07, 6.45) is 9.01. The van der Waals surface area contributed by atoms with Gasteiger partial charge in [-0.15, -0.1) is 0 Å². The van der Waals surface area contributed by atoms with Crippen LogP contribution in [0.25, 0.3) is 0 Å². The van der Waals surface area contributed by atoms with Crippen molar-refractivity contribution in [3.05, 3.63) is 28.8 Å². The van der Waals surface area contributed by atoms with E-state index < -0.39 is 0 Å². The van der Waals surface area contributed by atoms with Gasteiger partial charge in [0.1, 0.15) is 5.75 Å². The maximum absolute atomic E-state index is 10.4. The molecule has 0 aromatic heterocycles. The standard InChI is InChI=1S/C19H32O/c1-6-7-8-9-10-11-12-16-13-14-17(19(3,4)5)18(20)15(16)2/h13-14,20H,6-12H2,1-5H3. The molecule has 0 aliphatic heterocycles. The molecule has 0 atom stereocenters. The molecule has 1 heteroatoms. The van der Waals surface area contributed by atoms with Crippen LogP contribution in [0, 0.1) is 6.92 Å². The van der Waals surface area contributed by atoms with E-state index in [1.54, 1.807) is 0 Å². The van der Waals surface area contributed by atoms with E-state index in [1.807, 2.05) is 0 Å². The Bertz CT molecular complexity index is 413. The second kappa shape index (κ2) is 7.71. The van der Waals surface area contributed by atoms with Gasteiger partial charge in [-0.2, -0.15) is 0 Å². The molecule has 0 heterocycles. The fraction of sp³-hybridized carbons (Fsp3) is 0.684. The van der Waals surface area contributed by atoms with Gasteiger partial charge >= 0.3 is 0 Å². The van der Waals surface area contributed by atoms with Crippen LogP contribution in [0.2, 0.25) is 0 Å². The van der Waals surface area contributed by atoms with Crippen molar-refractivity contribution in [3.63, 3.8) is 0 Å². The molecule has 0 fully saturated rings. The van der Waals surface area contributed by atoms with Crippen molar-refractivity contribution >= 4 is 0 Å². The van der Waals surface area contributed by atoms with Crippen molar-refractivity contribution in [1.29, 1.82) is 0 Å². The van der Waals surface area contributed by atoms with E-state index in [4.69, 9.17) is 0 Å². The number of hydrogen-bond donors (Lipinski definition) is 1. The summed E-state index contributed by atoms with van der Waals surface area (Å²) in [6.45, 7) is 10.7. The van der Waals surface area contributed by atoms with E-state index in [-0.39, 0.29) is 5.41 Å². The lowest BCUT2D eigenvalue weighted by Gasteiger charge is -2.22. The fourth-order valence-corrected chi connectivity index (χ4v) is 2.71. The largest absolute Gasteiger partial charge is 0.507 e.